The fourth-order valence-corrected chi connectivity index (χ4v) is 5.30. The minimum absolute atomic E-state index is 0.240. The fourth-order valence-electron chi connectivity index (χ4n) is 3.28. The lowest BCUT2D eigenvalue weighted by molar-refractivity contribution is 0.0951. The van der Waals surface area contributed by atoms with E-state index in [1.807, 2.05) is 42.5 Å². The van der Waals surface area contributed by atoms with Crippen molar-refractivity contribution < 1.29 is 14.3 Å². The summed E-state index contributed by atoms with van der Waals surface area (Å²) in [5.74, 6) is 0.553. The first kappa shape index (κ1) is 22.3. The van der Waals surface area contributed by atoms with Crippen molar-refractivity contribution in [1.82, 2.24) is 15.3 Å². The SMILES string of the molecule is CCOC(=O)N1CCC(=NNC(=O)c2ccc(CSc3nc4ccccc4s3)cc2)CC1. The molecule has 0 atom stereocenters. The molecule has 3 aromatic rings. The van der Waals surface area contributed by atoms with E-state index in [9.17, 15) is 9.59 Å². The van der Waals surface area contributed by atoms with Gasteiger partial charge < -0.3 is 9.64 Å². The molecule has 166 valence electrons. The number of benzene rings is 2. The third-order valence-electron chi connectivity index (χ3n) is 5.03. The number of amides is 2. The number of thioether (sulfide) groups is 1. The molecule has 1 fully saturated rings. The summed E-state index contributed by atoms with van der Waals surface area (Å²) in [4.78, 5) is 30.5. The minimum atomic E-state index is -0.294. The van der Waals surface area contributed by atoms with E-state index in [-0.39, 0.29) is 12.0 Å². The van der Waals surface area contributed by atoms with Gasteiger partial charge in [0.1, 0.15) is 0 Å². The highest BCUT2D eigenvalue weighted by Gasteiger charge is 2.20. The van der Waals surface area contributed by atoms with E-state index in [0.717, 1.165) is 26.9 Å². The molecule has 1 N–H and O–H groups in total. The molecule has 7 nitrogen and oxygen atoms in total. The number of aromatic nitrogens is 1. The fraction of sp³-hybridized carbons (Fsp3) is 0.304. The Morgan fingerprint density at radius 2 is 1.91 bits per heavy atom. The minimum Gasteiger partial charge on any atom is -0.450 e. The van der Waals surface area contributed by atoms with E-state index in [0.29, 0.717) is 38.1 Å². The van der Waals surface area contributed by atoms with E-state index >= 15 is 0 Å². The summed E-state index contributed by atoms with van der Waals surface area (Å²) in [6, 6.07) is 15.7. The second-order valence-electron chi connectivity index (χ2n) is 7.24. The predicted molar refractivity (Wildman–Crippen MR) is 128 cm³/mol. The van der Waals surface area contributed by atoms with Crippen LogP contribution in [0.2, 0.25) is 0 Å². The number of nitrogens with zero attached hydrogens (tertiary/aromatic N) is 3. The lowest BCUT2D eigenvalue weighted by Crippen LogP contribution is -2.39. The van der Waals surface area contributed by atoms with E-state index in [2.05, 4.69) is 21.6 Å². The van der Waals surface area contributed by atoms with Gasteiger partial charge in [-0.15, -0.1) is 11.3 Å². The Labute approximate surface area is 194 Å². The summed E-state index contributed by atoms with van der Waals surface area (Å²) >= 11 is 3.39. The monoisotopic (exact) mass is 468 g/mol. The Kier molecular flexibility index (Phi) is 7.39. The quantitative estimate of drug-likeness (QED) is 0.410. The highest BCUT2D eigenvalue weighted by Crippen LogP contribution is 2.31. The first-order chi connectivity index (χ1) is 15.6. The maximum atomic E-state index is 12.4. The van der Waals surface area contributed by atoms with Crippen molar-refractivity contribution in [3.05, 3.63) is 59.7 Å². The van der Waals surface area contributed by atoms with E-state index in [4.69, 9.17) is 4.74 Å². The summed E-state index contributed by atoms with van der Waals surface area (Å²) in [6.07, 6.45) is 0.958. The van der Waals surface area contributed by atoms with Crippen molar-refractivity contribution in [1.29, 1.82) is 0 Å². The molecular weight excluding hydrogens is 444 g/mol. The van der Waals surface area contributed by atoms with Gasteiger partial charge in [-0.2, -0.15) is 5.10 Å². The van der Waals surface area contributed by atoms with Crippen molar-refractivity contribution in [2.45, 2.75) is 29.9 Å². The molecule has 0 aliphatic carbocycles. The second-order valence-corrected chi connectivity index (χ2v) is 9.49. The Balaban J connectivity index is 1.26. The lowest BCUT2D eigenvalue weighted by atomic mass is 10.1. The Hall–Kier alpha value is -2.91. The Morgan fingerprint density at radius 1 is 1.16 bits per heavy atom. The predicted octanol–water partition coefficient (Wildman–Crippen LogP) is 4.93. The molecule has 1 aliphatic rings. The van der Waals surface area contributed by atoms with Gasteiger partial charge in [-0.05, 0) is 36.8 Å². The van der Waals surface area contributed by atoms with Gasteiger partial charge >= 0.3 is 6.09 Å². The van der Waals surface area contributed by atoms with Gasteiger partial charge in [0.05, 0.1) is 16.8 Å². The van der Waals surface area contributed by atoms with Crippen LogP contribution in [0.25, 0.3) is 10.2 Å². The third-order valence-corrected chi connectivity index (χ3v) is 7.29. The van der Waals surface area contributed by atoms with Gasteiger partial charge in [0.2, 0.25) is 0 Å². The molecule has 1 saturated heterocycles. The van der Waals surface area contributed by atoms with Gasteiger partial charge in [-0.25, -0.2) is 15.2 Å². The van der Waals surface area contributed by atoms with Crippen LogP contribution in [-0.4, -0.2) is 47.3 Å². The standard InChI is InChI=1S/C23H24N4O3S2/c1-2-30-23(29)27-13-11-18(12-14-27)25-26-21(28)17-9-7-16(8-10-17)15-31-22-24-19-5-3-4-6-20(19)32-22/h3-10H,2,11-15H2,1H3,(H,26,28). The van der Waals surface area contributed by atoms with Crippen LogP contribution in [0.1, 0.15) is 35.7 Å². The van der Waals surface area contributed by atoms with Crippen molar-refractivity contribution >= 4 is 51.0 Å². The normalized spacial score (nSPS) is 13.8. The average molecular weight is 469 g/mol. The van der Waals surface area contributed by atoms with Gasteiger partial charge in [-0.3, -0.25) is 4.79 Å². The Bertz CT molecular complexity index is 1080. The van der Waals surface area contributed by atoms with Gasteiger partial charge in [0.25, 0.3) is 5.91 Å². The molecule has 9 heteroatoms. The van der Waals surface area contributed by atoms with Crippen LogP contribution in [0.5, 0.6) is 0 Å². The van der Waals surface area contributed by atoms with E-state index in [1.165, 1.54) is 4.70 Å². The lowest BCUT2D eigenvalue weighted by Gasteiger charge is -2.26. The summed E-state index contributed by atoms with van der Waals surface area (Å²) in [6.45, 7) is 3.26. The number of fused-ring (bicyclic) bond motifs is 1. The van der Waals surface area contributed by atoms with Crippen LogP contribution in [-0.2, 0) is 10.5 Å². The molecule has 0 bridgehead atoms. The zero-order valence-electron chi connectivity index (χ0n) is 17.7. The van der Waals surface area contributed by atoms with Crippen LogP contribution < -0.4 is 5.43 Å². The summed E-state index contributed by atoms with van der Waals surface area (Å²) in [7, 11) is 0. The summed E-state index contributed by atoms with van der Waals surface area (Å²) in [5.41, 5.74) is 6.23. The van der Waals surface area contributed by atoms with Crippen LogP contribution >= 0.6 is 23.1 Å². The number of thiazole rings is 1. The Morgan fingerprint density at radius 3 is 2.62 bits per heavy atom. The smallest absolute Gasteiger partial charge is 0.409 e. The largest absolute Gasteiger partial charge is 0.450 e. The molecule has 2 aromatic carbocycles. The van der Waals surface area contributed by atoms with Crippen LogP contribution in [0, 0.1) is 0 Å². The van der Waals surface area contributed by atoms with Gasteiger partial charge in [-0.1, -0.05) is 36.0 Å². The van der Waals surface area contributed by atoms with Crippen molar-refractivity contribution in [2.75, 3.05) is 19.7 Å². The molecule has 2 heterocycles. The number of ether oxygens (including phenoxy) is 1. The molecule has 1 aliphatic heterocycles. The van der Waals surface area contributed by atoms with Gasteiger partial charge in [0, 0.05) is 43.0 Å². The molecule has 0 spiro atoms. The molecule has 1 aromatic heterocycles. The highest BCUT2D eigenvalue weighted by molar-refractivity contribution is 8.00. The maximum absolute atomic E-state index is 12.4. The number of piperidine rings is 1. The molecular formula is C23H24N4O3S2. The number of hydrogen-bond acceptors (Lipinski definition) is 7. The first-order valence-corrected chi connectivity index (χ1v) is 12.3. The molecule has 2 amide bonds. The highest BCUT2D eigenvalue weighted by atomic mass is 32.2. The molecule has 32 heavy (non-hydrogen) atoms. The zero-order chi connectivity index (χ0) is 22.3. The number of hydrogen-bond donors (Lipinski definition) is 1. The van der Waals surface area contributed by atoms with Crippen molar-refractivity contribution in [3.63, 3.8) is 0 Å². The van der Waals surface area contributed by atoms with E-state index in [1.54, 1.807) is 34.9 Å². The molecule has 4 rings (SSSR count). The number of carbonyl (C=O) groups is 2. The van der Waals surface area contributed by atoms with Crippen LogP contribution in [0.4, 0.5) is 4.79 Å². The summed E-state index contributed by atoms with van der Waals surface area (Å²) < 4.78 is 7.24. The summed E-state index contributed by atoms with van der Waals surface area (Å²) in [5, 5.41) is 4.25. The number of hydrazone groups is 1. The molecule has 0 unspecified atom stereocenters. The van der Waals surface area contributed by atoms with E-state index < -0.39 is 0 Å². The number of likely N-dealkylation sites (tertiary alicyclic amines) is 1. The first-order valence-electron chi connectivity index (χ1n) is 10.5. The second kappa shape index (κ2) is 10.6. The number of carbonyl (C=O) groups excluding carboxylic acids is 2. The third kappa shape index (κ3) is 5.66. The number of nitrogens with one attached hydrogen (secondary N) is 1. The average Bonchev–Trinajstić information content (AvgIpc) is 3.25. The number of rotatable bonds is 6. The topological polar surface area (TPSA) is 83.9 Å². The number of para-hydroxylation sites is 1. The molecule has 0 saturated carbocycles. The molecule has 0 radical (unpaired) electrons. The zero-order valence-corrected chi connectivity index (χ0v) is 19.4. The van der Waals surface area contributed by atoms with Gasteiger partial charge in [0.15, 0.2) is 4.34 Å². The van der Waals surface area contributed by atoms with Crippen molar-refractivity contribution in [2.24, 2.45) is 5.10 Å². The van der Waals surface area contributed by atoms with Crippen LogP contribution in [0.3, 0.4) is 0 Å². The maximum Gasteiger partial charge on any atom is 0.409 e. The van der Waals surface area contributed by atoms with Crippen LogP contribution in [0.15, 0.2) is 58.0 Å². The van der Waals surface area contributed by atoms with Crippen molar-refractivity contribution in [3.8, 4) is 0 Å².